The number of carbonyl (C=O) groups excluding carboxylic acids is 1. The zero-order chi connectivity index (χ0) is 21.0. The summed E-state index contributed by atoms with van der Waals surface area (Å²) in [7, 11) is 0. The zero-order valence-corrected chi connectivity index (χ0v) is 15.6. The number of non-ortho nitro benzene ring substituents is 1. The molecule has 9 nitrogen and oxygen atoms in total. The van der Waals surface area contributed by atoms with Gasteiger partial charge in [-0.1, -0.05) is 17.3 Å². The second-order valence-corrected chi connectivity index (χ2v) is 6.89. The maximum atomic E-state index is 13.3. The predicted molar refractivity (Wildman–Crippen MR) is 105 cm³/mol. The lowest BCUT2D eigenvalue weighted by Gasteiger charge is -2.22. The van der Waals surface area contributed by atoms with Crippen LogP contribution >= 0.6 is 0 Å². The number of nitrogens with zero attached hydrogens (tertiary/aromatic N) is 3. The summed E-state index contributed by atoms with van der Waals surface area (Å²) in [6.45, 7) is 1.68. The number of nitro groups is 1. The number of hydrogen-bond donors (Lipinski definition) is 0. The number of aryl methyl sites for hydroxylation is 1. The van der Waals surface area contributed by atoms with E-state index in [-0.39, 0.29) is 28.3 Å². The van der Waals surface area contributed by atoms with E-state index in [1.54, 1.807) is 37.3 Å². The molecule has 0 N–H and O–H groups in total. The molecule has 0 saturated carbocycles. The summed E-state index contributed by atoms with van der Waals surface area (Å²) >= 11 is 0. The molecule has 0 spiro atoms. The van der Waals surface area contributed by atoms with Gasteiger partial charge >= 0.3 is 0 Å². The van der Waals surface area contributed by atoms with E-state index in [0.29, 0.717) is 22.3 Å². The van der Waals surface area contributed by atoms with E-state index in [1.165, 1.54) is 29.2 Å². The van der Waals surface area contributed by atoms with Gasteiger partial charge in [-0.3, -0.25) is 24.6 Å². The van der Waals surface area contributed by atoms with Gasteiger partial charge in [-0.25, -0.2) is 0 Å². The van der Waals surface area contributed by atoms with Gasteiger partial charge in [-0.2, -0.15) is 0 Å². The van der Waals surface area contributed by atoms with Crippen LogP contribution in [0.4, 0.5) is 11.5 Å². The average Bonchev–Trinajstić information content (AvgIpc) is 3.29. The Morgan fingerprint density at radius 3 is 2.50 bits per heavy atom. The highest BCUT2D eigenvalue weighted by Gasteiger charge is 2.44. The van der Waals surface area contributed by atoms with E-state index in [2.05, 4.69) is 5.16 Å². The van der Waals surface area contributed by atoms with E-state index in [9.17, 15) is 19.7 Å². The third-order valence-corrected chi connectivity index (χ3v) is 5.06. The topological polar surface area (TPSA) is 120 Å². The predicted octanol–water partition coefficient (Wildman–Crippen LogP) is 3.75. The molecular weight excluding hydrogens is 390 g/mol. The molecule has 148 valence electrons. The molecule has 1 amide bonds. The maximum Gasteiger partial charge on any atom is 0.296 e. The molecule has 0 bridgehead atoms. The second-order valence-electron chi connectivity index (χ2n) is 6.89. The minimum atomic E-state index is -0.862. The molecule has 5 rings (SSSR count). The molecule has 30 heavy (non-hydrogen) atoms. The highest BCUT2D eigenvalue weighted by molar-refractivity contribution is 6.10. The minimum Gasteiger partial charge on any atom is -0.450 e. The van der Waals surface area contributed by atoms with Crippen molar-refractivity contribution < 1.29 is 18.7 Å². The third kappa shape index (κ3) is 2.52. The van der Waals surface area contributed by atoms with Crippen molar-refractivity contribution in [3.63, 3.8) is 0 Å². The molecule has 4 aromatic rings. The van der Waals surface area contributed by atoms with Gasteiger partial charge in [0.1, 0.15) is 11.3 Å². The summed E-state index contributed by atoms with van der Waals surface area (Å²) in [6, 6.07) is 13.1. The number of fused-ring (bicyclic) bond motifs is 2. The lowest BCUT2D eigenvalue weighted by atomic mass is 9.98. The maximum absolute atomic E-state index is 13.3. The SMILES string of the molecule is Cc1cc(N2C(=O)c3oc4ccccc4c(=O)c3C2c2ccc([N+](=O)[O-])cc2)no1. The fourth-order valence-electron chi connectivity index (χ4n) is 3.72. The van der Waals surface area contributed by atoms with Crippen molar-refractivity contribution in [1.29, 1.82) is 0 Å². The number of amides is 1. The monoisotopic (exact) mass is 403 g/mol. The molecule has 1 aliphatic rings. The Balaban J connectivity index is 1.78. The summed E-state index contributed by atoms with van der Waals surface area (Å²) in [5.74, 6) is 0.0866. The molecule has 0 saturated heterocycles. The van der Waals surface area contributed by atoms with Gasteiger partial charge in [0.25, 0.3) is 11.6 Å². The molecule has 1 aliphatic heterocycles. The van der Waals surface area contributed by atoms with Crippen molar-refractivity contribution in [3.8, 4) is 0 Å². The van der Waals surface area contributed by atoms with Crippen molar-refractivity contribution >= 4 is 28.4 Å². The van der Waals surface area contributed by atoms with Gasteiger partial charge in [0, 0.05) is 18.2 Å². The van der Waals surface area contributed by atoms with E-state index in [4.69, 9.17) is 8.94 Å². The molecule has 9 heteroatoms. The van der Waals surface area contributed by atoms with E-state index in [0.717, 1.165) is 0 Å². The van der Waals surface area contributed by atoms with Crippen LogP contribution in [0.2, 0.25) is 0 Å². The van der Waals surface area contributed by atoms with Gasteiger partial charge in [0.05, 0.1) is 21.9 Å². The number of anilines is 1. The Hall–Kier alpha value is -4.27. The van der Waals surface area contributed by atoms with Crippen LogP contribution in [0.15, 0.2) is 68.3 Å². The number of nitro benzene ring substituents is 1. The average molecular weight is 403 g/mol. The molecule has 1 unspecified atom stereocenters. The van der Waals surface area contributed by atoms with Gasteiger partial charge in [-0.15, -0.1) is 0 Å². The van der Waals surface area contributed by atoms with Crippen molar-refractivity contribution in [3.05, 3.63) is 97.6 Å². The molecular formula is C21H13N3O6. The van der Waals surface area contributed by atoms with E-state index in [1.807, 2.05) is 0 Å². The van der Waals surface area contributed by atoms with Gasteiger partial charge in [0.15, 0.2) is 11.2 Å². The van der Waals surface area contributed by atoms with Gasteiger partial charge in [0.2, 0.25) is 5.76 Å². The van der Waals surface area contributed by atoms with Crippen molar-refractivity contribution in [2.45, 2.75) is 13.0 Å². The Bertz CT molecular complexity index is 1390. The zero-order valence-electron chi connectivity index (χ0n) is 15.6. The first-order valence-electron chi connectivity index (χ1n) is 9.02. The molecule has 2 aromatic carbocycles. The number of hydrogen-bond acceptors (Lipinski definition) is 7. The molecule has 0 radical (unpaired) electrons. The number of carbonyl (C=O) groups is 1. The lowest BCUT2D eigenvalue weighted by molar-refractivity contribution is -0.384. The van der Waals surface area contributed by atoms with Crippen LogP contribution in [0.3, 0.4) is 0 Å². The largest absolute Gasteiger partial charge is 0.450 e. The Morgan fingerprint density at radius 1 is 1.10 bits per heavy atom. The molecule has 2 aromatic heterocycles. The van der Waals surface area contributed by atoms with Crippen molar-refractivity contribution in [2.24, 2.45) is 0 Å². The highest BCUT2D eigenvalue weighted by atomic mass is 16.6. The number of para-hydroxylation sites is 1. The molecule has 1 atom stereocenters. The van der Waals surface area contributed by atoms with Crippen molar-refractivity contribution in [2.75, 3.05) is 4.90 Å². The lowest BCUT2D eigenvalue weighted by Crippen LogP contribution is -2.29. The van der Waals surface area contributed by atoms with Crippen molar-refractivity contribution in [1.82, 2.24) is 5.16 Å². The van der Waals surface area contributed by atoms with Gasteiger partial charge < -0.3 is 8.94 Å². The van der Waals surface area contributed by atoms with Crippen LogP contribution in [0.1, 0.15) is 33.5 Å². The minimum absolute atomic E-state index is 0.0808. The number of aromatic nitrogens is 1. The smallest absolute Gasteiger partial charge is 0.296 e. The van der Waals surface area contributed by atoms with E-state index < -0.39 is 16.9 Å². The summed E-state index contributed by atoms with van der Waals surface area (Å²) in [5.41, 5.74) is 0.531. The Kier molecular flexibility index (Phi) is 3.78. The van der Waals surface area contributed by atoms with Crippen LogP contribution < -0.4 is 10.3 Å². The summed E-state index contributed by atoms with van der Waals surface area (Å²) in [6.07, 6.45) is 0. The first kappa shape index (κ1) is 17.8. The van der Waals surface area contributed by atoms with E-state index >= 15 is 0 Å². The van der Waals surface area contributed by atoms with Gasteiger partial charge in [-0.05, 0) is 36.8 Å². The normalized spacial score (nSPS) is 15.6. The Morgan fingerprint density at radius 2 is 1.83 bits per heavy atom. The van der Waals surface area contributed by atoms with Crippen LogP contribution in [0, 0.1) is 17.0 Å². The third-order valence-electron chi connectivity index (χ3n) is 5.06. The van der Waals surface area contributed by atoms with Crippen LogP contribution in [-0.4, -0.2) is 16.0 Å². The van der Waals surface area contributed by atoms with Crippen LogP contribution in [-0.2, 0) is 0 Å². The number of benzene rings is 2. The fraction of sp³-hybridized carbons (Fsp3) is 0.0952. The quantitative estimate of drug-likeness (QED) is 0.377. The number of rotatable bonds is 3. The molecule has 0 fully saturated rings. The second kappa shape index (κ2) is 6.38. The summed E-state index contributed by atoms with van der Waals surface area (Å²) in [4.78, 5) is 38.4. The standard InChI is InChI=1S/C21H13N3O6/c1-11-10-16(22-30-11)23-18(12-6-8-13(9-7-12)24(27)28)17-19(25)14-4-2-3-5-15(14)29-20(17)21(23)26/h2-10,18H,1H3. The Labute approximate surface area is 168 Å². The molecule has 0 aliphatic carbocycles. The summed E-state index contributed by atoms with van der Waals surface area (Å²) in [5, 5.41) is 15.3. The summed E-state index contributed by atoms with van der Waals surface area (Å²) < 4.78 is 10.9. The van der Waals surface area contributed by atoms with Crippen LogP contribution in [0.25, 0.3) is 11.0 Å². The fourth-order valence-corrected chi connectivity index (χ4v) is 3.72. The first-order valence-corrected chi connectivity index (χ1v) is 9.02. The first-order chi connectivity index (χ1) is 14.5. The molecule has 3 heterocycles. The van der Waals surface area contributed by atoms with Crippen LogP contribution in [0.5, 0.6) is 0 Å². The highest BCUT2D eigenvalue weighted by Crippen LogP contribution is 2.41.